The summed E-state index contributed by atoms with van der Waals surface area (Å²) >= 11 is 0. The molecule has 1 N–H and O–H groups in total. The molecule has 2 amide bonds. The number of nitrogens with one attached hydrogen (secondary N) is 1. The Morgan fingerprint density at radius 2 is 2.25 bits per heavy atom. The highest BCUT2D eigenvalue weighted by Gasteiger charge is 2.33. The molecule has 0 saturated carbocycles. The summed E-state index contributed by atoms with van der Waals surface area (Å²) in [6.45, 7) is 6.79. The molecule has 2 aromatic heterocycles. The van der Waals surface area contributed by atoms with Gasteiger partial charge in [-0.3, -0.25) is 0 Å². The number of carbonyl (C=O) groups excluding carboxylic acids is 1. The third-order valence-electron chi connectivity index (χ3n) is 4.69. The molecular weight excluding hydrogens is 306 g/mol. The largest absolute Gasteiger partial charge is 0.464 e. The minimum atomic E-state index is -0.205. The van der Waals surface area contributed by atoms with Crippen LogP contribution in [0, 0.1) is 12.8 Å². The van der Waals surface area contributed by atoms with Crippen LogP contribution in [-0.2, 0) is 7.05 Å². The van der Waals surface area contributed by atoms with Gasteiger partial charge in [-0.1, -0.05) is 6.92 Å². The monoisotopic (exact) mass is 331 g/mol. The third-order valence-corrected chi connectivity index (χ3v) is 4.69. The zero-order valence-electron chi connectivity index (χ0n) is 14.7. The van der Waals surface area contributed by atoms with Crippen LogP contribution in [0.4, 0.5) is 4.79 Å². The van der Waals surface area contributed by atoms with Gasteiger partial charge in [-0.15, -0.1) is 10.2 Å². The van der Waals surface area contributed by atoms with Crippen molar-refractivity contribution >= 4 is 6.03 Å². The predicted octanol–water partition coefficient (Wildman–Crippen LogP) is 2.96. The summed E-state index contributed by atoms with van der Waals surface area (Å²) in [6, 6.07) is 3.62. The number of urea groups is 1. The van der Waals surface area contributed by atoms with Crippen LogP contribution in [0.25, 0.3) is 0 Å². The lowest BCUT2D eigenvalue weighted by Crippen LogP contribution is -2.46. The highest BCUT2D eigenvalue weighted by molar-refractivity contribution is 5.75. The van der Waals surface area contributed by atoms with Gasteiger partial charge in [0.15, 0.2) is 5.82 Å². The molecule has 1 aliphatic heterocycles. The lowest BCUT2D eigenvalue weighted by molar-refractivity contribution is 0.117. The molecule has 0 aliphatic carbocycles. The third kappa shape index (κ3) is 3.29. The molecule has 3 heterocycles. The van der Waals surface area contributed by atoms with Crippen LogP contribution in [0.15, 0.2) is 22.9 Å². The van der Waals surface area contributed by atoms with Crippen molar-refractivity contribution in [3.8, 4) is 0 Å². The maximum atomic E-state index is 12.8. The fourth-order valence-corrected chi connectivity index (χ4v) is 3.30. The molecule has 3 rings (SSSR count). The molecule has 7 heteroatoms. The molecule has 130 valence electrons. The molecule has 3 atom stereocenters. The molecule has 0 bridgehead atoms. The van der Waals surface area contributed by atoms with Crippen molar-refractivity contribution in [2.45, 2.75) is 45.7 Å². The summed E-state index contributed by atoms with van der Waals surface area (Å²) in [7, 11) is 1.87. The fourth-order valence-electron chi connectivity index (χ4n) is 3.30. The quantitative estimate of drug-likeness (QED) is 0.938. The van der Waals surface area contributed by atoms with E-state index >= 15 is 0 Å². The molecule has 0 aromatic carbocycles. The van der Waals surface area contributed by atoms with Gasteiger partial charge in [0, 0.05) is 13.6 Å². The van der Waals surface area contributed by atoms with Crippen LogP contribution < -0.4 is 5.32 Å². The minimum absolute atomic E-state index is 0.0193. The van der Waals surface area contributed by atoms with Crippen molar-refractivity contribution in [1.82, 2.24) is 25.0 Å². The summed E-state index contributed by atoms with van der Waals surface area (Å²) in [4.78, 5) is 14.7. The smallest absolute Gasteiger partial charge is 0.318 e. The van der Waals surface area contributed by atoms with E-state index in [-0.39, 0.29) is 18.1 Å². The van der Waals surface area contributed by atoms with Gasteiger partial charge in [0.25, 0.3) is 0 Å². The van der Waals surface area contributed by atoms with E-state index in [2.05, 4.69) is 22.4 Å². The highest BCUT2D eigenvalue weighted by atomic mass is 16.3. The van der Waals surface area contributed by atoms with Crippen molar-refractivity contribution in [3.05, 3.63) is 35.8 Å². The lowest BCUT2D eigenvalue weighted by atomic mass is 9.91. The van der Waals surface area contributed by atoms with Gasteiger partial charge in [-0.2, -0.15) is 0 Å². The van der Waals surface area contributed by atoms with Crippen LogP contribution in [0.1, 0.15) is 56.1 Å². The van der Waals surface area contributed by atoms with E-state index in [1.807, 2.05) is 42.5 Å². The summed E-state index contributed by atoms with van der Waals surface area (Å²) in [5.41, 5.74) is 0. The predicted molar refractivity (Wildman–Crippen MR) is 89.2 cm³/mol. The molecule has 0 radical (unpaired) electrons. The van der Waals surface area contributed by atoms with E-state index < -0.39 is 0 Å². The zero-order chi connectivity index (χ0) is 17.3. The van der Waals surface area contributed by atoms with Gasteiger partial charge >= 0.3 is 6.03 Å². The number of aromatic nitrogens is 3. The molecule has 0 unspecified atom stereocenters. The van der Waals surface area contributed by atoms with E-state index in [1.165, 1.54) is 0 Å². The van der Waals surface area contributed by atoms with E-state index in [4.69, 9.17) is 4.42 Å². The van der Waals surface area contributed by atoms with Crippen LogP contribution in [0.5, 0.6) is 0 Å². The fraction of sp³-hybridized carbons (Fsp3) is 0.588. The van der Waals surface area contributed by atoms with Crippen LogP contribution in [-0.4, -0.2) is 32.2 Å². The molecule has 2 aromatic rings. The standard InChI is InChI=1S/C17H25N5O2/c1-11-7-8-22(14(9-11)15-6-5-12(2)24-15)17(23)19-13(3)16-20-18-10-21(16)4/h5-6,10-11,13-14H,7-9H2,1-4H3,(H,19,23)/t11-,13-,14-/m0/s1. The highest BCUT2D eigenvalue weighted by Crippen LogP contribution is 2.35. The second kappa shape index (κ2) is 6.67. The molecule has 1 aliphatic rings. The Morgan fingerprint density at radius 3 is 2.88 bits per heavy atom. The topological polar surface area (TPSA) is 76.2 Å². The SMILES string of the molecule is Cc1ccc([C@@H]2C[C@@H](C)CCN2C(=O)N[C@@H](C)c2nncn2C)o1. The van der Waals surface area contributed by atoms with Gasteiger partial charge in [-0.25, -0.2) is 4.79 Å². The Morgan fingerprint density at radius 1 is 1.46 bits per heavy atom. The molecule has 7 nitrogen and oxygen atoms in total. The molecule has 0 spiro atoms. The number of hydrogen-bond donors (Lipinski definition) is 1. The zero-order valence-corrected chi connectivity index (χ0v) is 14.7. The van der Waals surface area contributed by atoms with E-state index in [0.29, 0.717) is 5.92 Å². The first kappa shape index (κ1) is 16.5. The van der Waals surface area contributed by atoms with Crippen LogP contribution in [0.3, 0.4) is 0 Å². The first-order valence-electron chi connectivity index (χ1n) is 8.43. The Balaban J connectivity index is 1.75. The Bertz CT molecular complexity index is 707. The average Bonchev–Trinajstić information content (AvgIpc) is 3.15. The van der Waals surface area contributed by atoms with Gasteiger partial charge in [0.1, 0.15) is 17.8 Å². The number of furan rings is 1. The van der Waals surface area contributed by atoms with Crippen LogP contribution in [0.2, 0.25) is 0 Å². The van der Waals surface area contributed by atoms with Crippen molar-refractivity contribution < 1.29 is 9.21 Å². The number of hydrogen-bond acceptors (Lipinski definition) is 4. The van der Waals surface area contributed by atoms with Crippen LogP contribution >= 0.6 is 0 Å². The summed E-state index contributed by atoms with van der Waals surface area (Å²) in [5.74, 6) is 3.04. The van der Waals surface area contributed by atoms with E-state index in [1.54, 1.807) is 6.33 Å². The summed E-state index contributed by atoms with van der Waals surface area (Å²) in [6.07, 6.45) is 3.55. The Labute approximate surface area is 142 Å². The number of carbonyl (C=O) groups is 1. The summed E-state index contributed by atoms with van der Waals surface area (Å²) in [5, 5.41) is 11.0. The van der Waals surface area contributed by atoms with E-state index in [9.17, 15) is 4.79 Å². The van der Waals surface area contributed by atoms with Gasteiger partial charge in [0.2, 0.25) is 0 Å². The number of piperidine rings is 1. The number of rotatable bonds is 3. The Hall–Kier alpha value is -2.31. The average molecular weight is 331 g/mol. The minimum Gasteiger partial charge on any atom is -0.464 e. The van der Waals surface area contributed by atoms with Crippen molar-refractivity contribution in [2.75, 3.05) is 6.54 Å². The van der Waals surface area contributed by atoms with Gasteiger partial charge in [-0.05, 0) is 44.7 Å². The summed E-state index contributed by atoms with van der Waals surface area (Å²) < 4.78 is 7.62. The molecular formula is C17H25N5O2. The molecule has 1 saturated heterocycles. The van der Waals surface area contributed by atoms with E-state index in [0.717, 1.165) is 36.7 Å². The normalized spacial score (nSPS) is 22.4. The van der Waals surface area contributed by atoms with Gasteiger partial charge < -0.3 is 19.2 Å². The second-order valence-corrected chi connectivity index (χ2v) is 6.76. The van der Waals surface area contributed by atoms with Crippen molar-refractivity contribution in [2.24, 2.45) is 13.0 Å². The number of nitrogens with zero attached hydrogens (tertiary/aromatic N) is 4. The molecule has 1 fully saturated rings. The Kier molecular flexibility index (Phi) is 4.59. The number of aryl methyl sites for hydroxylation is 2. The number of likely N-dealkylation sites (tertiary alicyclic amines) is 1. The lowest BCUT2D eigenvalue weighted by Gasteiger charge is -2.37. The van der Waals surface area contributed by atoms with Crippen molar-refractivity contribution in [3.63, 3.8) is 0 Å². The first-order chi connectivity index (χ1) is 11.5. The number of amides is 2. The van der Waals surface area contributed by atoms with Crippen molar-refractivity contribution in [1.29, 1.82) is 0 Å². The maximum absolute atomic E-state index is 12.8. The first-order valence-corrected chi connectivity index (χ1v) is 8.43. The van der Waals surface area contributed by atoms with Gasteiger partial charge in [0.05, 0.1) is 12.1 Å². The molecule has 24 heavy (non-hydrogen) atoms. The second-order valence-electron chi connectivity index (χ2n) is 6.76. The maximum Gasteiger partial charge on any atom is 0.318 e.